The van der Waals surface area contributed by atoms with Crippen molar-refractivity contribution in [1.29, 1.82) is 0 Å². The van der Waals surface area contributed by atoms with Gasteiger partial charge in [0.1, 0.15) is 9.57 Å². The van der Waals surface area contributed by atoms with Gasteiger partial charge in [-0.1, -0.05) is 63.2 Å². The molecule has 1 aliphatic heterocycles. The van der Waals surface area contributed by atoms with Crippen molar-refractivity contribution in [3.63, 3.8) is 0 Å². The first-order chi connectivity index (χ1) is 13.6. The largest absolute Gasteiger partial charge is 0.508 e. The summed E-state index contributed by atoms with van der Waals surface area (Å²) in [5.41, 5.74) is 4.66. The molecule has 1 aliphatic rings. The molecule has 3 aromatic rings. The van der Waals surface area contributed by atoms with Crippen LogP contribution in [0.15, 0.2) is 48.5 Å². The van der Waals surface area contributed by atoms with E-state index in [1.165, 1.54) is 16.0 Å². The molecule has 0 amide bonds. The van der Waals surface area contributed by atoms with E-state index in [0.29, 0.717) is 5.75 Å². The summed E-state index contributed by atoms with van der Waals surface area (Å²) >= 11 is 5.64. The number of piperazine rings is 1. The van der Waals surface area contributed by atoms with Crippen LogP contribution in [-0.4, -0.2) is 48.1 Å². The number of nitrogens with zero attached hydrogens (tertiary/aromatic N) is 2. The van der Waals surface area contributed by atoms with Crippen LogP contribution in [0.4, 0.5) is 0 Å². The fourth-order valence-electron chi connectivity index (χ4n) is 3.55. The Morgan fingerprint density at radius 1 is 1.00 bits per heavy atom. The number of hydrogen-bond donors (Lipinski definition) is 1. The van der Waals surface area contributed by atoms with Crippen molar-refractivity contribution in [1.82, 2.24) is 9.80 Å². The molecule has 2 heterocycles. The van der Waals surface area contributed by atoms with E-state index in [2.05, 4.69) is 47.2 Å². The molecule has 0 bridgehead atoms. The Morgan fingerprint density at radius 2 is 1.75 bits per heavy atom. The Kier molecular flexibility index (Phi) is 6.23. The summed E-state index contributed by atoms with van der Waals surface area (Å²) in [6.45, 7) is 5.02. The first kappa shape index (κ1) is 19.7. The molecule has 146 valence electrons. The van der Waals surface area contributed by atoms with Crippen LogP contribution >= 0.6 is 32.9 Å². The third kappa shape index (κ3) is 4.53. The van der Waals surface area contributed by atoms with E-state index in [0.717, 1.165) is 54.1 Å². The van der Waals surface area contributed by atoms with Crippen LogP contribution in [0.5, 0.6) is 5.75 Å². The molecule has 2 aromatic carbocycles. The van der Waals surface area contributed by atoms with Gasteiger partial charge in [-0.3, -0.25) is 4.90 Å². The lowest BCUT2D eigenvalue weighted by atomic mass is 10.0. The molecule has 0 aliphatic carbocycles. The molecule has 0 radical (unpaired) electrons. The maximum Gasteiger partial charge on any atom is 0.120 e. The fraction of sp³-hybridized carbons (Fsp3) is 0.318. The lowest BCUT2D eigenvalue weighted by Crippen LogP contribution is -2.43. The summed E-state index contributed by atoms with van der Waals surface area (Å²) in [7, 11) is 5.57. The molecule has 1 aromatic heterocycles. The number of hydrogen-bond acceptors (Lipinski definition) is 6. The van der Waals surface area contributed by atoms with Gasteiger partial charge >= 0.3 is 0 Å². The molecule has 6 heteroatoms. The van der Waals surface area contributed by atoms with Crippen molar-refractivity contribution in [3.8, 4) is 16.2 Å². The molecule has 4 rings (SSSR count). The van der Waals surface area contributed by atoms with Gasteiger partial charge in [0.05, 0.1) is 4.88 Å². The first-order valence-corrected chi connectivity index (χ1v) is 12.0. The Hall–Kier alpha value is -1.57. The molecule has 1 fully saturated rings. The van der Waals surface area contributed by atoms with Gasteiger partial charge in [0.15, 0.2) is 0 Å². The standard InChI is InChI=1S/C22H24N2OS3/c1-23-9-11-24(12-10-23)15-18-14-17(7-8-20(18)25)21-19(22(26)28-27-21)13-16-5-3-2-4-6-16/h2-8,14,25H,9-13,15H2,1H3. The second-order valence-electron chi connectivity index (χ2n) is 7.35. The van der Waals surface area contributed by atoms with E-state index in [4.69, 9.17) is 12.2 Å². The van der Waals surface area contributed by atoms with Gasteiger partial charge in [-0.2, -0.15) is 0 Å². The Labute approximate surface area is 178 Å². The zero-order chi connectivity index (χ0) is 19.5. The molecule has 0 saturated carbocycles. The van der Waals surface area contributed by atoms with Gasteiger partial charge in [0.2, 0.25) is 0 Å². The normalized spacial score (nSPS) is 15.8. The van der Waals surface area contributed by atoms with Crippen molar-refractivity contribution in [2.24, 2.45) is 0 Å². The minimum Gasteiger partial charge on any atom is -0.508 e. The zero-order valence-corrected chi connectivity index (χ0v) is 18.4. The van der Waals surface area contributed by atoms with E-state index in [-0.39, 0.29) is 0 Å². The maximum absolute atomic E-state index is 10.4. The fourth-order valence-corrected chi connectivity index (χ4v) is 6.46. The number of phenolic OH excluding ortho intramolecular Hbond substituents is 1. The highest BCUT2D eigenvalue weighted by atomic mass is 32.9. The van der Waals surface area contributed by atoms with Crippen LogP contribution in [0.3, 0.4) is 0 Å². The number of benzene rings is 2. The molecule has 1 saturated heterocycles. The van der Waals surface area contributed by atoms with Gasteiger partial charge in [-0.25, -0.2) is 0 Å². The van der Waals surface area contributed by atoms with Crippen molar-refractivity contribution in [3.05, 3.63) is 69.0 Å². The van der Waals surface area contributed by atoms with Crippen LogP contribution in [0.2, 0.25) is 0 Å². The number of likely N-dealkylation sites (N-methyl/N-ethyl adjacent to an activating group) is 1. The summed E-state index contributed by atoms with van der Waals surface area (Å²) in [6.07, 6.45) is 0.851. The van der Waals surface area contributed by atoms with Crippen LogP contribution in [0.1, 0.15) is 16.7 Å². The van der Waals surface area contributed by atoms with E-state index in [9.17, 15) is 5.11 Å². The van der Waals surface area contributed by atoms with Gasteiger partial charge < -0.3 is 10.0 Å². The van der Waals surface area contributed by atoms with Gasteiger partial charge in [0.25, 0.3) is 0 Å². The Bertz CT molecular complexity index is 989. The Morgan fingerprint density at radius 3 is 2.50 bits per heavy atom. The van der Waals surface area contributed by atoms with Gasteiger partial charge in [0, 0.05) is 50.3 Å². The first-order valence-electron chi connectivity index (χ1n) is 9.49. The van der Waals surface area contributed by atoms with Crippen LogP contribution in [0.25, 0.3) is 10.4 Å². The van der Waals surface area contributed by atoms with Crippen molar-refractivity contribution >= 4 is 32.9 Å². The summed E-state index contributed by atoms with van der Waals surface area (Å²) in [5.74, 6) is 0.381. The smallest absolute Gasteiger partial charge is 0.120 e. The quantitative estimate of drug-likeness (QED) is 0.443. The average molecular weight is 429 g/mol. The summed E-state index contributed by atoms with van der Waals surface area (Å²) in [4.78, 5) is 6.00. The predicted octanol–water partition coefficient (Wildman–Crippen LogP) is 5.25. The van der Waals surface area contributed by atoms with Gasteiger partial charge in [-0.05, 0) is 36.4 Å². The molecule has 0 unspecified atom stereocenters. The second kappa shape index (κ2) is 8.84. The minimum absolute atomic E-state index is 0.381. The summed E-state index contributed by atoms with van der Waals surface area (Å²) < 4.78 is 0.970. The highest BCUT2D eigenvalue weighted by Crippen LogP contribution is 2.37. The third-order valence-corrected chi connectivity index (χ3v) is 8.47. The third-order valence-electron chi connectivity index (χ3n) is 5.28. The molecule has 1 N–H and O–H groups in total. The molecule has 0 atom stereocenters. The average Bonchev–Trinajstić information content (AvgIpc) is 3.06. The number of rotatable bonds is 5. The maximum atomic E-state index is 10.4. The molecule has 0 spiro atoms. The van der Waals surface area contributed by atoms with Crippen LogP contribution in [-0.2, 0) is 13.0 Å². The monoisotopic (exact) mass is 428 g/mol. The predicted molar refractivity (Wildman–Crippen MR) is 122 cm³/mol. The molecular formula is C22H24N2OS3. The minimum atomic E-state index is 0.381. The van der Waals surface area contributed by atoms with Crippen LogP contribution < -0.4 is 0 Å². The number of aromatic hydroxyl groups is 1. The number of phenols is 1. The Balaban J connectivity index is 1.61. The second-order valence-corrected chi connectivity index (χ2v) is 10.2. The lowest BCUT2D eigenvalue weighted by molar-refractivity contribution is 0.147. The lowest BCUT2D eigenvalue weighted by Gasteiger charge is -2.32. The molecule has 28 heavy (non-hydrogen) atoms. The van der Waals surface area contributed by atoms with E-state index >= 15 is 0 Å². The zero-order valence-electron chi connectivity index (χ0n) is 15.9. The topological polar surface area (TPSA) is 26.7 Å². The van der Waals surface area contributed by atoms with E-state index in [1.54, 1.807) is 20.7 Å². The van der Waals surface area contributed by atoms with Crippen molar-refractivity contribution < 1.29 is 5.11 Å². The molecular weight excluding hydrogens is 404 g/mol. The summed E-state index contributed by atoms with van der Waals surface area (Å²) in [5, 5.41) is 10.4. The molecule has 3 nitrogen and oxygen atoms in total. The highest BCUT2D eigenvalue weighted by Gasteiger charge is 2.17. The highest BCUT2D eigenvalue weighted by molar-refractivity contribution is 7.80. The summed E-state index contributed by atoms with van der Waals surface area (Å²) in [6, 6.07) is 16.5. The van der Waals surface area contributed by atoms with E-state index < -0.39 is 0 Å². The van der Waals surface area contributed by atoms with Crippen LogP contribution in [0, 0.1) is 3.82 Å². The van der Waals surface area contributed by atoms with Crippen molar-refractivity contribution in [2.75, 3.05) is 33.2 Å². The van der Waals surface area contributed by atoms with Crippen molar-refractivity contribution in [2.45, 2.75) is 13.0 Å². The van der Waals surface area contributed by atoms with E-state index in [1.807, 2.05) is 18.2 Å². The SMILES string of the molecule is CN1CCN(Cc2cc(-c3ssc(=S)c3Cc3ccccc3)ccc2O)CC1. The van der Waals surface area contributed by atoms with Gasteiger partial charge in [-0.15, -0.1) is 0 Å².